The lowest BCUT2D eigenvalue weighted by atomic mass is 10.2. The Kier molecular flexibility index (Phi) is 5.64. The van der Waals surface area contributed by atoms with Crippen molar-refractivity contribution in [2.45, 2.75) is 32.5 Å². The molecule has 1 aliphatic rings. The molecule has 0 aliphatic carbocycles. The molecule has 0 radical (unpaired) electrons. The third-order valence-corrected chi connectivity index (χ3v) is 5.14. The van der Waals surface area contributed by atoms with Gasteiger partial charge in [-0.1, -0.05) is 0 Å². The zero-order valence-electron chi connectivity index (χ0n) is 15.8. The number of likely N-dealkylation sites (tertiary alicyclic amines) is 1. The molecule has 0 amide bonds. The van der Waals surface area contributed by atoms with E-state index >= 15 is 0 Å². The molecule has 0 bridgehead atoms. The van der Waals surface area contributed by atoms with Crippen LogP contribution in [0, 0.1) is 0 Å². The number of fused-ring (bicyclic) bond motifs is 1. The number of likely N-dealkylation sites (N-methyl/N-ethyl adjacent to an activating group) is 1. The van der Waals surface area contributed by atoms with Crippen LogP contribution in [0.3, 0.4) is 0 Å². The second kappa shape index (κ2) is 7.79. The Balaban J connectivity index is 0.00000210. The van der Waals surface area contributed by atoms with Gasteiger partial charge in [-0.2, -0.15) is 0 Å². The molecule has 2 N–H and O–H groups in total. The Morgan fingerprint density at radius 1 is 1.30 bits per heavy atom. The molecule has 0 spiro atoms. The summed E-state index contributed by atoms with van der Waals surface area (Å²) >= 11 is 0. The molecule has 27 heavy (non-hydrogen) atoms. The van der Waals surface area contributed by atoms with Crippen molar-refractivity contribution < 1.29 is 4.63 Å². The number of imidazole rings is 1. The van der Waals surface area contributed by atoms with Gasteiger partial charge in [0.05, 0.1) is 11.7 Å². The van der Waals surface area contributed by atoms with E-state index in [1.807, 2.05) is 6.20 Å². The first-order valence-electron chi connectivity index (χ1n) is 8.88. The highest BCUT2D eigenvalue weighted by Gasteiger charge is 2.26. The van der Waals surface area contributed by atoms with E-state index in [0.29, 0.717) is 17.6 Å². The van der Waals surface area contributed by atoms with Crippen LogP contribution < -0.4 is 5.73 Å². The number of rotatable bonds is 5. The normalized spacial score (nSPS) is 17.7. The molecule has 1 aliphatic heterocycles. The van der Waals surface area contributed by atoms with Gasteiger partial charge in [0.1, 0.15) is 5.52 Å². The third-order valence-electron chi connectivity index (χ3n) is 5.14. The molecule has 1 fully saturated rings. The van der Waals surface area contributed by atoms with Crippen LogP contribution in [-0.4, -0.2) is 67.9 Å². The van der Waals surface area contributed by atoms with Gasteiger partial charge in [0.25, 0.3) is 0 Å². The van der Waals surface area contributed by atoms with Crippen LogP contribution in [0.15, 0.2) is 17.0 Å². The Morgan fingerprint density at radius 2 is 2.11 bits per heavy atom. The van der Waals surface area contributed by atoms with Crippen molar-refractivity contribution in [1.82, 2.24) is 34.6 Å². The first kappa shape index (κ1) is 19.5. The Morgan fingerprint density at radius 3 is 2.74 bits per heavy atom. The number of nitrogens with zero attached hydrogens (tertiary/aromatic N) is 7. The second-order valence-corrected chi connectivity index (χ2v) is 6.99. The minimum absolute atomic E-state index is 0. The van der Waals surface area contributed by atoms with Gasteiger partial charge < -0.3 is 15.2 Å². The van der Waals surface area contributed by atoms with E-state index in [1.165, 1.54) is 6.42 Å². The number of anilines is 1. The van der Waals surface area contributed by atoms with Gasteiger partial charge in [0.2, 0.25) is 0 Å². The van der Waals surface area contributed by atoms with E-state index in [4.69, 9.17) is 15.3 Å². The SMILES string of the molecule is CCn1c(-c2nonc2N)nc2cncc(CN3CC[C@@H](N(C)C)C3)c21.Cl. The summed E-state index contributed by atoms with van der Waals surface area (Å²) in [6.07, 6.45) is 4.91. The van der Waals surface area contributed by atoms with E-state index in [1.54, 1.807) is 6.20 Å². The lowest BCUT2D eigenvalue weighted by Crippen LogP contribution is -2.31. The maximum absolute atomic E-state index is 5.88. The number of aromatic nitrogens is 5. The van der Waals surface area contributed by atoms with Gasteiger partial charge in [0, 0.05) is 44.0 Å². The van der Waals surface area contributed by atoms with Crippen molar-refractivity contribution in [3.63, 3.8) is 0 Å². The van der Waals surface area contributed by atoms with E-state index in [0.717, 1.165) is 42.8 Å². The molecular weight excluding hydrogens is 368 g/mol. The molecule has 0 saturated carbocycles. The quantitative estimate of drug-likeness (QED) is 0.699. The maximum Gasteiger partial charge on any atom is 0.199 e. The summed E-state index contributed by atoms with van der Waals surface area (Å²) in [5.41, 5.74) is 9.44. The number of hydrogen-bond acceptors (Lipinski definition) is 8. The topological polar surface area (TPSA) is 102 Å². The van der Waals surface area contributed by atoms with E-state index in [2.05, 4.69) is 50.7 Å². The molecule has 4 heterocycles. The van der Waals surface area contributed by atoms with Crippen molar-refractivity contribution in [2.75, 3.05) is 32.9 Å². The molecule has 4 rings (SSSR count). The molecule has 146 valence electrons. The number of hydrogen-bond donors (Lipinski definition) is 1. The monoisotopic (exact) mass is 392 g/mol. The van der Waals surface area contributed by atoms with Gasteiger partial charge in [-0.3, -0.25) is 9.88 Å². The first-order chi connectivity index (χ1) is 12.6. The summed E-state index contributed by atoms with van der Waals surface area (Å²) in [4.78, 5) is 13.9. The fraction of sp³-hybridized carbons (Fsp3) is 0.529. The third kappa shape index (κ3) is 3.50. The average molecular weight is 393 g/mol. The molecule has 0 unspecified atom stereocenters. The van der Waals surface area contributed by atoms with Crippen molar-refractivity contribution in [1.29, 1.82) is 0 Å². The van der Waals surface area contributed by atoms with E-state index in [9.17, 15) is 0 Å². The zero-order valence-corrected chi connectivity index (χ0v) is 16.6. The summed E-state index contributed by atoms with van der Waals surface area (Å²) in [5, 5.41) is 7.60. The van der Waals surface area contributed by atoms with Crippen molar-refractivity contribution >= 4 is 29.3 Å². The van der Waals surface area contributed by atoms with Crippen molar-refractivity contribution in [2.24, 2.45) is 0 Å². The zero-order chi connectivity index (χ0) is 18.3. The Bertz CT molecular complexity index is 921. The highest BCUT2D eigenvalue weighted by molar-refractivity contribution is 5.85. The van der Waals surface area contributed by atoms with Gasteiger partial charge in [0.15, 0.2) is 17.3 Å². The molecule has 1 saturated heterocycles. The summed E-state index contributed by atoms with van der Waals surface area (Å²) < 4.78 is 6.87. The van der Waals surface area contributed by atoms with Crippen LogP contribution in [0.1, 0.15) is 18.9 Å². The van der Waals surface area contributed by atoms with E-state index in [-0.39, 0.29) is 18.2 Å². The van der Waals surface area contributed by atoms with Crippen LogP contribution in [-0.2, 0) is 13.1 Å². The van der Waals surface area contributed by atoms with Crippen LogP contribution in [0.2, 0.25) is 0 Å². The highest BCUT2D eigenvalue weighted by Crippen LogP contribution is 2.29. The minimum Gasteiger partial charge on any atom is -0.379 e. The van der Waals surface area contributed by atoms with Gasteiger partial charge in [-0.05, 0) is 37.8 Å². The number of nitrogens with two attached hydrogens (primary N) is 1. The average Bonchev–Trinajstić information content (AvgIpc) is 3.32. The first-order valence-corrected chi connectivity index (χ1v) is 8.88. The fourth-order valence-electron chi connectivity index (χ4n) is 3.73. The largest absolute Gasteiger partial charge is 0.379 e. The summed E-state index contributed by atoms with van der Waals surface area (Å²) in [5.74, 6) is 0.918. The van der Waals surface area contributed by atoms with Gasteiger partial charge in [-0.15, -0.1) is 12.4 Å². The standard InChI is InChI=1S/C17H24N8O.ClH/c1-4-25-15-11(9-24-6-5-12(10-24)23(2)3)7-19-8-13(15)20-17(25)14-16(18)22-26-21-14;/h7-8,12H,4-6,9-10H2,1-3H3,(H2,18,22);1H/t12-;/m1./s1. The van der Waals surface area contributed by atoms with Crippen LogP contribution >= 0.6 is 12.4 Å². The maximum atomic E-state index is 5.88. The van der Waals surface area contributed by atoms with Gasteiger partial charge >= 0.3 is 0 Å². The number of nitrogen functional groups attached to an aromatic ring is 1. The highest BCUT2D eigenvalue weighted by atomic mass is 35.5. The number of halogens is 1. The molecular formula is C17H25ClN8O. The summed E-state index contributed by atoms with van der Waals surface area (Å²) in [7, 11) is 4.29. The lowest BCUT2D eigenvalue weighted by molar-refractivity contribution is 0.265. The van der Waals surface area contributed by atoms with Crippen LogP contribution in [0.25, 0.3) is 22.6 Å². The molecule has 1 atom stereocenters. The summed E-state index contributed by atoms with van der Waals surface area (Å²) in [6.45, 7) is 5.83. The lowest BCUT2D eigenvalue weighted by Gasteiger charge is -2.20. The Hall–Kier alpha value is -2.23. The van der Waals surface area contributed by atoms with Gasteiger partial charge in [-0.25, -0.2) is 9.61 Å². The molecule has 3 aromatic rings. The van der Waals surface area contributed by atoms with Crippen LogP contribution in [0.4, 0.5) is 5.82 Å². The smallest absolute Gasteiger partial charge is 0.199 e. The van der Waals surface area contributed by atoms with E-state index < -0.39 is 0 Å². The second-order valence-electron chi connectivity index (χ2n) is 6.99. The predicted octanol–water partition coefficient (Wildman–Crippen LogP) is 1.64. The molecule has 0 aromatic carbocycles. The Labute approximate surface area is 163 Å². The summed E-state index contributed by atoms with van der Waals surface area (Å²) in [6, 6.07) is 0.606. The molecule has 10 heteroatoms. The molecule has 3 aromatic heterocycles. The van der Waals surface area contributed by atoms with Crippen molar-refractivity contribution in [3.05, 3.63) is 18.0 Å². The number of aryl methyl sites for hydroxylation is 1. The molecule has 9 nitrogen and oxygen atoms in total. The van der Waals surface area contributed by atoms with Crippen molar-refractivity contribution in [3.8, 4) is 11.5 Å². The minimum atomic E-state index is 0. The fourth-order valence-corrected chi connectivity index (χ4v) is 3.73. The number of pyridine rings is 1. The van der Waals surface area contributed by atoms with Crippen LogP contribution in [0.5, 0.6) is 0 Å². The predicted molar refractivity (Wildman–Crippen MR) is 106 cm³/mol.